The van der Waals surface area contributed by atoms with Crippen molar-refractivity contribution in [2.75, 3.05) is 0 Å². The van der Waals surface area contributed by atoms with Crippen molar-refractivity contribution in [3.63, 3.8) is 0 Å². The molecule has 0 atom stereocenters. The van der Waals surface area contributed by atoms with E-state index in [9.17, 15) is 0 Å². The van der Waals surface area contributed by atoms with E-state index in [4.69, 9.17) is 5.11 Å². The van der Waals surface area contributed by atoms with Gasteiger partial charge < -0.3 is 0 Å². The van der Waals surface area contributed by atoms with Crippen molar-refractivity contribution in [2.45, 2.75) is 4.64 Å². The first-order chi connectivity index (χ1) is 7.29. The van der Waals surface area contributed by atoms with Crippen LogP contribution < -0.4 is 0 Å². The largest absolute Gasteiger partial charge is 0.0610 e. The van der Waals surface area contributed by atoms with Crippen LogP contribution >= 0.6 is 0 Å². The molecule has 1 nitrogen and oxygen atoms in total. The van der Waals surface area contributed by atoms with Crippen molar-refractivity contribution < 1.29 is 26.2 Å². The van der Waals surface area contributed by atoms with Gasteiger partial charge in [-0.1, -0.05) is 18.2 Å². The fourth-order valence-corrected chi connectivity index (χ4v) is 1.75. The third-order valence-electron chi connectivity index (χ3n) is 2.17. The molecule has 0 saturated heterocycles. The summed E-state index contributed by atoms with van der Waals surface area (Å²) in [6.45, 7) is 0. The normalized spacial score (nSPS) is 10.3. The molecule has 0 unspecified atom stereocenters. The number of benzene rings is 2. The number of phenols is 1. The van der Waals surface area contributed by atoms with Gasteiger partial charge in [-0.25, -0.2) is 0 Å². The SMILES string of the molecule is Oc1ccc([CH2][Au])cc1.c1cc2cc-2c1. The van der Waals surface area contributed by atoms with Crippen LogP contribution in [0.1, 0.15) is 5.56 Å². The van der Waals surface area contributed by atoms with Crippen LogP contribution in [-0.4, -0.2) is 5.11 Å². The van der Waals surface area contributed by atoms with Crippen LogP contribution in [0.15, 0.2) is 48.5 Å². The topological polar surface area (TPSA) is 20.2 Å². The molecule has 0 bridgehead atoms. The summed E-state index contributed by atoms with van der Waals surface area (Å²) in [5.41, 5.74) is 4.08. The average Bonchev–Trinajstić information content (AvgIpc) is 2.88. The monoisotopic (exact) mass is 380 g/mol. The molecule has 0 aromatic heterocycles. The van der Waals surface area contributed by atoms with Crippen LogP contribution in [0.4, 0.5) is 0 Å². The van der Waals surface area contributed by atoms with Crippen LogP contribution in [0, 0.1) is 0 Å². The molecule has 0 heterocycles. The first-order valence-corrected chi connectivity index (χ1v) is 6.22. The van der Waals surface area contributed by atoms with E-state index in [1.54, 1.807) is 12.1 Å². The van der Waals surface area contributed by atoms with E-state index in [-0.39, 0.29) is 0 Å². The quantitative estimate of drug-likeness (QED) is 0.644. The minimum atomic E-state index is 0.334. The Balaban J connectivity index is 0.000000121. The first kappa shape index (κ1) is 10.5. The van der Waals surface area contributed by atoms with Crippen LogP contribution in [-0.2, 0) is 25.7 Å². The summed E-state index contributed by atoms with van der Waals surface area (Å²) >= 11 is 2.45. The number of phenolic OH excluding ortho intramolecular Hbond substituents is 1. The van der Waals surface area contributed by atoms with Crippen molar-refractivity contribution >= 4 is 0 Å². The van der Waals surface area contributed by atoms with Crippen LogP contribution in [0.25, 0.3) is 11.1 Å². The van der Waals surface area contributed by atoms with Crippen molar-refractivity contribution in [3.8, 4) is 16.9 Å². The van der Waals surface area contributed by atoms with E-state index in [0.29, 0.717) is 5.75 Å². The number of fused-ring (bicyclic) bond motifs is 1. The zero-order chi connectivity index (χ0) is 10.7. The van der Waals surface area contributed by atoms with Crippen LogP contribution in [0.2, 0.25) is 0 Å². The van der Waals surface area contributed by atoms with Gasteiger partial charge in [-0.2, -0.15) is 0 Å². The minimum absolute atomic E-state index is 0.334. The Hall–Kier alpha value is -1.02. The maximum absolute atomic E-state index is 8.85. The molecule has 1 aromatic carbocycles. The molecule has 2 aliphatic rings. The molecule has 3 rings (SSSR count). The Labute approximate surface area is 102 Å². The molecule has 80 valence electrons. The van der Waals surface area contributed by atoms with E-state index < -0.39 is 0 Å². The second-order valence-corrected chi connectivity index (χ2v) is 4.12. The van der Waals surface area contributed by atoms with Gasteiger partial charge in [-0.15, -0.1) is 0 Å². The minimum Gasteiger partial charge on any atom is -0.0610 e. The zero-order valence-electron chi connectivity index (χ0n) is 8.07. The van der Waals surface area contributed by atoms with Crippen molar-refractivity contribution in [1.29, 1.82) is 0 Å². The van der Waals surface area contributed by atoms with Crippen LogP contribution in [0.5, 0.6) is 5.75 Å². The van der Waals surface area contributed by atoms with E-state index in [1.807, 2.05) is 12.1 Å². The Morgan fingerprint density at radius 1 is 0.933 bits per heavy atom. The number of aromatic hydroxyl groups is 1. The fourth-order valence-electron chi connectivity index (χ4n) is 1.24. The Bertz CT molecular complexity index is 431. The second kappa shape index (κ2) is 4.67. The van der Waals surface area contributed by atoms with Gasteiger partial charge in [0.1, 0.15) is 0 Å². The maximum Gasteiger partial charge on any atom is -0.0178 e. The van der Waals surface area contributed by atoms with E-state index >= 15 is 0 Å². The van der Waals surface area contributed by atoms with E-state index in [2.05, 4.69) is 45.3 Å². The smallest absolute Gasteiger partial charge is 0.0178 e. The molecular weight excluding hydrogens is 369 g/mol. The number of rotatable bonds is 1. The third kappa shape index (κ3) is 2.96. The molecule has 2 heteroatoms. The molecule has 0 fully saturated rings. The molecule has 0 saturated carbocycles. The van der Waals surface area contributed by atoms with Gasteiger partial charge in [0.15, 0.2) is 0 Å². The fraction of sp³-hybridized carbons (Fsp3) is 0.0769. The summed E-state index contributed by atoms with van der Waals surface area (Å²) < 4.78 is 0.972. The van der Waals surface area contributed by atoms with Gasteiger partial charge >= 0.3 is 66.4 Å². The predicted molar refractivity (Wildman–Crippen MR) is 57.2 cm³/mol. The summed E-state index contributed by atoms with van der Waals surface area (Å²) in [5.74, 6) is 0.334. The number of hydrogen-bond donors (Lipinski definition) is 1. The first-order valence-electron chi connectivity index (χ1n) is 4.68. The molecule has 0 spiro atoms. The number of hydrogen-bond acceptors (Lipinski definition) is 1. The van der Waals surface area contributed by atoms with Gasteiger partial charge in [-0.3, -0.25) is 0 Å². The van der Waals surface area contributed by atoms with Gasteiger partial charge in [0.25, 0.3) is 0 Å². The molecule has 0 amide bonds. The summed E-state index contributed by atoms with van der Waals surface area (Å²) in [4.78, 5) is 0. The standard InChI is InChI=1S/C7H7O.C6H4.Au/c1-6-2-4-7(8)5-3-6;1-2-5-4-6(5)3-1;/h2-5,8H,1H2;1-4H;. The Kier molecular flexibility index (Phi) is 3.27. The van der Waals surface area contributed by atoms with Gasteiger partial charge in [0.2, 0.25) is 0 Å². The second-order valence-electron chi connectivity index (χ2n) is 3.35. The Morgan fingerprint density at radius 2 is 1.53 bits per heavy atom. The molecule has 2 aliphatic carbocycles. The average molecular weight is 380 g/mol. The van der Waals surface area contributed by atoms with Crippen molar-refractivity contribution in [1.82, 2.24) is 0 Å². The molecular formula is C13H11AuO. The summed E-state index contributed by atoms with van der Waals surface area (Å²) in [6, 6.07) is 15.7. The van der Waals surface area contributed by atoms with E-state index in [1.165, 1.54) is 16.7 Å². The molecule has 15 heavy (non-hydrogen) atoms. The third-order valence-corrected chi connectivity index (χ3v) is 3.06. The zero-order valence-corrected chi connectivity index (χ0v) is 10.2. The van der Waals surface area contributed by atoms with Crippen LogP contribution in [0.3, 0.4) is 0 Å². The van der Waals surface area contributed by atoms with Gasteiger partial charge in [-0.05, 0) is 17.2 Å². The molecule has 0 aliphatic heterocycles. The molecule has 1 aromatic rings. The summed E-state index contributed by atoms with van der Waals surface area (Å²) in [5, 5.41) is 8.85. The summed E-state index contributed by atoms with van der Waals surface area (Å²) in [6.07, 6.45) is 0. The maximum atomic E-state index is 8.85. The Morgan fingerprint density at radius 3 is 1.87 bits per heavy atom. The predicted octanol–water partition coefficient (Wildman–Crippen LogP) is 3.11. The van der Waals surface area contributed by atoms with E-state index in [0.717, 1.165) is 4.64 Å². The molecule has 1 N–H and O–H groups in total. The summed E-state index contributed by atoms with van der Waals surface area (Å²) in [7, 11) is 0. The van der Waals surface area contributed by atoms with Gasteiger partial charge in [0.05, 0.1) is 0 Å². The molecule has 0 radical (unpaired) electrons. The van der Waals surface area contributed by atoms with Crippen molar-refractivity contribution in [3.05, 3.63) is 54.1 Å². The van der Waals surface area contributed by atoms with Crippen molar-refractivity contribution in [2.24, 2.45) is 0 Å². The van der Waals surface area contributed by atoms with Gasteiger partial charge in [0, 0.05) is 0 Å².